The molecule has 222 valence electrons. The van der Waals surface area contributed by atoms with Crippen LogP contribution in [0.25, 0.3) is 0 Å². The van der Waals surface area contributed by atoms with Gasteiger partial charge in [-0.15, -0.1) is 0 Å². The molecule has 40 heavy (non-hydrogen) atoms. The van der Waals surface area contributed by atoms with E-state index in [9.17, 15) is 29.7 Å². The second-order valence-corrected chi connectivity index (χ2v) is 13.9. The summed E-state index contributed by atoms with van der Waals surface area (Å²) in [5.74, 6) is -0.910. The molecular weight excluding hydrogens is 512 g/mol. The highest BCUT2D eigenvalue weighted by Gasteiger charge is 2.72. The zero-order valence-electron chi connectivity index (χ0n) is 24.7. The maximum atomic E-state index is 13.7. The molecule has 4 N–H and O–H groups in total. The number of phenolic OH excluding ortho intramolecular Hbond substituents is 2. The number of rotatable bonds is 9. The maximum Gasteiger partial charge on any atom is 0.328 e. The lowest BCUT2D eigenvalue weighted by Gasteiger charge is -2.35. The van der Waals surface area contributed by atoms with Crippen LogP contribution >= 0.6 is 0 Å². The Morgan fingerprint density at radius 1 is 1.12 bits per heavy atom. The van der Waals surface area contributed by atoms with Crippen LogP contribution in [0.5, 0.6) is 11.5 Å². The molecule has 6 atom stereocenters. The summed E-state index contributed by atoms with van der Waals surface area (Å²) in [6.07, 6.45) is 2.83. The van der Waals surface area contributed by atoms with Crippen LogP contribution in [-0.4, -0.2) is 69.3 Å². The van der Waals surface area contributed by atoms with Gasteiger partial charge < -0.3 is 30.3 Å². The van der Waals surface area contributed by atoms with Gasteiger partial charge in [-0.3, -0.25) is 9.59 Å². The van der Waals surface area contributed by atoms with Crippen LogP contribution in [0, 0.1) is 28.1 Å². The molecule has 0 spiro atoms. The van der Waals surface area contributed by atoms with Gasteiger partial charge in [0.2, 0.25) is 11.8 Å². The van der Waals surface area contributed by atoms with Crippen molar-refractivity contribution in [3.05, 3.63) is 23.8 Å². The quantitative estimate of drug-likeness (QED) is 0.269. The molecule has 2 aliphatic carbocycles. The van der Waals surface area contributed by atoms with E-state index >= 15 is 0 Å². The third-order valence-corrected chi connectivity index (χ3v) is 10.1. The van der Waals surface area contributed by atoms with Crippen molar-refractivity contribution in [1.82, 2.24) is 10.2 Å². The summed E-state index contributed by atoms with van der Waals surface area (Å²) in [7, 11) is 0. The number of nitrogens with zero attached hydrogens (tertiary/aromatic N) is 1. The molecule has 3 unspecified atom stereocenters. The molecule has 1 saturated heterocycles. The fourth-order valence-corrected chi connectivity index (χ4v) is 7.41. The van der Waals surface area contributed by atoms with E-state index in [-0.39, 0.29) is 23.8 Å². The Balaban J connectivity index is 1.34. The Labute approximate surface area is 237 Å². The molecule has 1 heterocycles. The van der Waals surface area contributed by atoms with Crippen molar-refractivity contribution in [2.75, 3.05) is 13.2 Å². The number of hydrogen-bond acceptors (Lipinski definition) is 7. The van der Waals surface area contributed by atoms with E-state index in [0.29, 0.717) is 54.2 Å². The molecular formula is C31H46N2O7. The number of phenols is 2. The van der Waals surface area contributed by atoms with Crippen LogP contribution in [0.2, 0.25) is 0 Å². The lowest BCUT2D eigenvalue weighted by molar-refractivity contribution is -0.155. The number of benzene rings is 1. The minimum absolute atomic E-state index is 0.110. The van der Waals surface area contributed by atoms with E-state index in [2.05, 4.69) is 26.1 Å². The number of amides is 2. The largest absolute Gasteiger partial charge is 0.504 e. The highest BCUT2D eigenvalue weighted by atomic mass is 16.5. The SMILES string of the molecule is CC(C)(C)[C@H](NC(=O)[C@H](O)Cc1ccc(O)c(O)c1)C(=O)N1CCC[C@H]1C(=O)OCCC1CCC2(C)C1C2(C)C. The first-order valence-corrected chi connectivity index (χ1v) is 14.5. The van der Waals surface area contributed by atoms with Crippen molar-refractivity contribution in [2.24, 2.45) is 28.1 Å². The lowest BCUT2D eigenvalue weighted by Crippen LogP contribution is -2.58. The van der Waals surface area contributed by atoms with Gasteiger partial charge in [0.1, 0.15) is 18.2 Å². The predicted octanol–water partition coefficient (Wildman–Crippen LogP) is 3.53. The van der Waals surface area contributed by atoms with Crippen LogP contribution in [0.15, 0.2) is 18.2 Å². The van der Waals surface area contributed by atoms with Crippen LogP contribution in [0.3, 0.4) is 0 Å². The molecule has 0 bridgehead atoms. The molecule has 2 amide bonds. The van der Waals surface area contributed by atoms with Crippen molar-refractivity contribution < 1.29 is 34.4 Å². The third kappa shape index (κ3) is 5.67. The summed E-state index contributed by atoms with van der Waals surface area (Å²) in [5.41, 5.74) is 0.515. The fraction of sp³-hybridized carbons (Fsp3) is 0.710. The van der Waals surface area contributed by atoms with Crippen molar-refractivity contribution >= 4 is 17.8 Å². The predicted molar refractivity (Wildman–Crippen MR) is 149 cm³/mol. The second-order valence-electron chi connectivity index (χ2n) is 13.9. The number of carbonyl (C=O) groups is 3. The zero-order valence-corrected chi connectivity index (χ0v) is 24.7. The Bertz CT molecular complexity index is 1140. The van der Waals surface area contributed by atoms with Crippen molar-refractivity contribution in [3.8, 4) is 11.5 Å². The van der Waals surface area contributed by atoms with E-state index in [4.69, 9.17) is 4.74 Å². The average Bonchev–Trinajstić information content (AvgIpc) is 3.29. The fourth-order valence-electron chi connectivity index (χ4n) is 7.41. The van der Waals surface area contributed by atoms with Crippen LogP contribution in [-0.2, 0) is 25.5 Å². The van der Waals surface area contributed by atoms with E-state index in [1.807, 2.05) is 20.8 Å². The summed E-state index contributed by atoms with van der Waals surface area (Å²) < 4.78 is 5.71. The molecule has 3 aliphatic rings. The minimum Gasteiger partial charge on any atom is -0.504 e. The first kappa shape index (κ1) is 30.2. The van der Waals surface area contributed by atoms with E-state index in [1.165, 1.54) is 35.9 Å². The number of likely N-dealkylation sites (tertiary alicyclic amines) is 1. The first-order valence-electron chi connectivity index (χ1n) is 14.5. The third-order valence-electron chi connectivity index (χ3n) is 10.1. The van der Waals surface area contributed by atoms with E-state index in [0.717, 1.165) is 6.42 Å². The second kappa shape index (κ2) is 10.9. The standard InChI is InChI=1S/C31H46N2O7/c1-29(2,3)25(32-26(37)23(36)17-18-9-10-21(34)22(35)16-18)27(38)33-14-7-8-20(33)28(39)40-15-12-19-11-13-31(6)24(19)30(31,4)5/h9-10,16,19-20,23-25,34-36H,7-8,11-15,17H2,1-6H3,(H,32,37)/t19?,20-,23+,24?,25+,31?/m0/s1. The summed E-state index contributed by atoms with van der Waals surface area (Å²) in [5, 5.41) is 32.4. The van der Waals surface area contributed by atoms with E-state index in [1.54, 1.807) is 0 Å². The van der Waals surface area contributed by atoms with Gasteiger partial charge in [0, 0.05) is 13.0 Å². The molecule has 2 saturated carbocycles. The number of nitrogens with one attached hydrogen (secondary N) is 1. The molecule has 4 rings (SSSR count). The van der Waals surface area contributed by atoms with Gasteiger partial charge in [0.15, 0.2) is 11.5 Å². The Hall–Kier alpha value is -2.81. The lowest BCUT2D eigenvalue weighted by atomic mass is 9.85. The number of aromatic hydroxyl groups is 2. The maximum absolute atomic E-state index is 13.7. The normalized spacial score (nSPS) is 28.5. The number of fused-ring (bicyclic) bond motifs is 1. The van der Waals surface area contributed by atoms with Gasteiger partial charge in [0.25, 0.3) is 0 Å². The number of hydrogen-bond donors (Lipinski definition) is 4. The number of carbonyl (C=O) groups excluding carboxylic acids is 3. The zero-order chi connectivity index (χ0) is 29.6. The van der Waals surface area contributed by atoms with Gasteiger partial charge in [-0.2, -0.15) is 0 Å². The van der Waals surface area contributed by atoms with Crippen molar-refractivity contribution in [2.45, 2.75) is 98.3 Å². The first-order chi connectivity index (χ1) is 18.6. The molecule has 1 aromatic carbocycles. The van der Waals surface area contributed by atoms with Gasteiger partial charge in [-0.25, -0.2) is 4.79 Å². The topological polar surface area (TPSA) is 136 Å². The number of esters is 1. The van der Waals surface area contributed by atoms with Gasteiger partial charge in [0.05, 0.1) is 6.61 Å². The highest BCUT2D eigenvalue weighted by Crippen LogP contribution is 2.78. The van der Waals surface area contributed by atoms with E-state index < -0.39 is 35.5 Å². The number of aliphatic hydroxyl groups excluding tert-OH is 1. The van der Waals surface area contributed by atoms with Gasteiger partial charge >= 0.3 is 5.97 Å². The summed E-state index contributed by atoms with van der Waals surface area (Å²) in [6.45, 7) is 13.2. The van der Waals surface area contributed by atoms with Gasteiger partial charge in [-0.1, -0.05) is 47.6 Å². The highest BCUT2D eigenvalue weighted by molar-refractivity contribution is 5.92. The monoisotopic (exact) mass is 558 g/mol. The Morgan fingerprint density at radius 3 is 2.42 bits per heavy atom. The number of aliphatic hydroxyl groups is 1. The molecule has 0 aromatic heterocycles. The van der Waals surface area contributed by atoms with Crippen molar-refractivity contribution in [1.29, 1.82) is 0 Å². The van der Waals surface area contributed by atoms with Crippen LogP contribution < -0.4 is 5.32 Å². The minimum atomic E-state index is -1.48. The molecule has 0 radical (unpaired) electrons. The summed E-state index contributed by atoms with van der Waals surface area (Å²) in [4.78, 5) is 41.2. The van der Waals surface area contributed by atoms with Gasteiger partial charge in [-0.05, 0) is 77.9 Å². The Morgan fingerprint density at radius 2 is 1.82 bits per heavy atom. The molecule has 1 aliphatic heterocycles. The number of ether oxygens (including phenoxy) is 1. The smallest absolute Gasteiger partial charge is 0.328 e. The molecule has 9 heteroatoms. The molecule has 9 nitrogen and oxygen atoms in total. The summed E-state index contributed by atoms with van der Waals surface area (Å²) >= 11 is 0. The molecule has 1 aromatic rings. The van der Waals surface area contributed by atoms with Crippen LogP contribution in [0.4, 0.5) is 0 Å². The van der Waals surface area contributed by atoms with Crippen LogP contribution in [0.1, 0.15) is 79.2 Å². The van der Waals surface area contributed by atoms with Crippen molar-refractivity contribution in [3.63, 3.8) is 0 Å². The Kier molecular flexibility index (Phi) is 8.20. The average molecular weight is 559 g/mol. The molecule has 3 fully saturated rings. The summed E-state index contributed by atoms with van der Waals surface area (Å²) in [6, 6.07) is 2.39.